The zero-order valence-electron chi connectivity index (χ0n) is 32.6. The molecule has 1 aromatic heterocycles. The van der Waals surface area contributed by atoms with Crippen molar-refractivity contribution in [1.29, 1.82) is 0 Å². The van der Waals surface area contributed by atoms with E-state index in [4.69, 9.17) is 0 Å². The fraction of sp³-hybridized carbons (Fsp3) is 0.236. The second kappa shape index (κ2) is 11.6. The molecule has 4 bridgehead atoms. The molecule has 1 spiro atoms. The number of hydrogen-bond donors (Lipinski definition) is 0. The van der Waals surface area contributed by atoms with Gasteiger partial charge in [-0.05, 0) is 160 Å². The van der Waals surface area contributed by atoms with Crippen LogP contribution < -0.4 is 4.90 Å². The average Bonchev–Trinajstić information content (AvgIpc) is 3.83. The van der Waals surface area contributed by atoms with E-state index in [2.05, 4.69) is 170 Å². The lowest BCUT2D eigenvalue weighted by Gasteiger charge is -2.61. The number of nitrogens with zero attached hydrogens (tertiary/aromatic N) is 1. The third-order valence-corrected chi connectivity index (χ3v) is 16.6. The maximum Gasteiger partial charge on any atom is 0.0476 e. The molecule has 6 aliphatic rings. The fourth-order valence-corrected chi connectivity index (χ4v) is 14.4. The van der Waals surface area contributed by atoms with Gasteiger partial charge in [-0.25, -0.2) is 0 Å². The molecular weight excluding hydrogens is 707 g/mol. The number of anilines is 3. The molecule has 6 aliphatic carbocycles. The molecule has 4 saturated carbocycles. The number of rotatable bonds is 4. The van der Waals surface area contributed by atoms with Crippen molar-refractivity contribution in [2.75, 3.05) is 4.90 Å². The first-order valence-corrected chi connectivity index (χ1v) is 22.1. The van der Waals surface area contributed by atoms with Crippen LogP contribution in [0.25, 0.3) is 53.6 Å². The zero-order valence-corrected chi connectivity index (χ0v) is 33.5. The predicted molar refractivity (Wildman–Crippen MR) is 240 cm³/mol. The lowest BCUT2D eigenvalue weighted by Crippen LogP contribution is -2.55. The molecule has 2 heteroatoms. The minimum atomic E-state index is -0.0811. The summed E-state index contributed by atoms with van der Waals surface area (Å²) in [5, 5.41) is 2.68. The number of thiophene rings is 1. The predicted octanol–water partition coefficient (Wildman–Crippen LogP) is 15.2. The Morgan fingerprint density at radius 3 is 1.91 bits per heavy atom. The van der Waals surface area contributed by atoms with Crippen molar-refractivity contribution in [2.45, 2.75) is 56.8 Å². The summed E-state index contributed by atoms with van der Waals surface area (Å²) >= 11 is 1.91. The van der Waals surface area contributed by atoms with E-state index in [1.54, 1.807) is 11.1 Å². The third kappa shape index (κ3) is 4.40. The zero-order chi connectivity index (χ0) is 37.6. The molecule has 14 rings (SSSR count). The molecule has 57 heavy (non-hydrogen) atoms. The van der Waals surface area contributed by atoms with Crippen molar-refractivity contribution in [1.82, 2.24) is 0 Å². The van der Waals surface area contributed by atoms with Crippen molar-refractivity contribution in [3.63, 3.8) is 0 Å². The van der Waals surface area contributed by atoms with Crippen LogP contribution in [0.5, 0.6) is 0 Å². The highest BCUT2D eigenvalue weighted by Crippen LogP contribution is 2.70. The summed E-state index contributed by atoms with van der Waals surface area (Å²) in [5.74, 6) is 3.27. The highest BCUT2D eigenvalue weighted by Gasteiger charge is 2.61. The Hall–Kier alpha value is -5.44. The Morgan fingerprint density at radius 1 is 0.439 bits per heavy atom. The highest BCUT2D eigenvalue weighted by atomic mass is 32.1. The lowest BCUT2D eigenvalue weighted by atomic mass is 9.43. The van der Waals surface area contributed by atoms with Crippen LogP contribution >= 0.6 is 11.3 Å². The molecule has 4 fully saturated rings. The van der Waals surface area contributed by atoms with Gasteiger partial charge >= 0.3 is 0 Å². The van der Waals surface area contributed by atoms with Crippen molar-refractivity contribution in [2.24, 2.45) is 23.7 Å². The minimum Gasteiger partial charge on any atom is -0.310 e. The van der Waals surface area contributed by atoms with Gasteiger partial charge in [0.15, 0.2) is 0 Å². The van der Waals surface area contributed by atoms with Crippen molar-refractivity contribution < 1.29 is 0 Å². The SMILES string of the molecule is CC1(C)c2ccccc2-c2ccc(N(c3ccc4c(c3)-c3ccc(-c5ccccc5)cc3C43C4CC5CC(C4)CC3C5)c3ccc4c(c3)sc3ccccc34)cc21. The summed E-state index contributed by atoms with van der Waals surface area (Å²) in [6.07, 6.45) is 7.01. The Morgan fingerprint density at radius 2 is 1.07 bits per heavy atom. The van der Waals surface area contributed by atoms with Crippen LogP contribution in [0.4, 0.5) is 17.1 Å². The Labute approximate surface area is 339 Å². The monoisotopic (exact) mass is 751 g/mol. The molecular formula is C55H45NS. The molecule has 1 heterocycles. The molecule has 0 amide bonds. The van der Waals surface area contributed by atoms with E-state index in [-0.39, 0.29) is 10.8 Å². The van der Waals surface area contributed by atoms with Gasteiger partial charge in [-0.15, -0.1) is 11.3 Å². The lowest BCUT2D eigenvalue weighted by molar-refractivity contribution is -0.0399. The van der Waals surface area contributed by atoms with Gasteiger partial charge in [0.1, 0.15) is 0 Å². The summed E-state index contributed by atoms with van der Waals surface area (Å²) in [4.78, 5) is 2.56. The number of benzene rings is 7. The summed E-state index contributed by atoms with van der Waals surface area (Å²) in [7, 11) is 0. The molecule has 0 aliphatic heterocycles. The summed E-state index contributed by atoms with van der Waals surface area (Å²) in [5.41, 5.74) is 18.0. The maximum absolute atomic E-state index is 2.63. The number of fused-ring (bicyclic) bond motifs is 9. The third-order valence-electron chi connectivity index (χ3n) is 15.4. The first-order valence-electron chi connectivity index (χ1n) is 21.3. The summed E-state index contributed by atoms with van der Waals surface area (Å²) in [6.45, 7) is 4.80. The van der Waals surface area contributed by atoms with Crippen LogP contribution in [0, 0.1) is 23.7 Å². The molecule has 0 N–H and O–H groups in total. The van der Waals surface area contributed by atoms with Crippen molar-refractivity contribution in [3.05, 3.63) is 174 Å². The number of hydrogen-bond acceptors (Lipinski definition) is 2. The molecule has 7 aromatic carbocycles. The molecule has 0 atom stereocenters. The van der Waals surface area contributed by atoms with Gasteiger partial charge in [-0.1, -0.05) is 117 Å². The first-order chi connectivity index (χ1) is 27.9. The normalized spacial score (nSPS) is 24.2. The van der Waals surface area contributed by atoms with Gasteiger partial charge in [0.05, 0.1) is 0 Å². The van der Waals surface area contributed by atoms with Crippen LogP contribution in [0.15, 0.2) is 152 Å². The quantitative estimate of drug-likeness (QED) is 0.173. The standard InChI is InChI=1S/C55H45NS/c1-54(2)48-14-8-6-12-42(48)43-21-17-40(31-50(43)54)56(41-18-22-46-45-13-7-9-15-52(45)57-53(46)32-41)39-19-23-49-47(30-39)44-20-16-36(35-10-4-3-5-11-35)29-51(44)55(49)37-25-33-24-34(27-37)28-38(55)26-33/h3-23,29-34,37-38H,24-28H2,1-2H3. The Bertz CT molecular complexity index is 2940. The highest BCUT2D eigenvalue weighted by molar-refractivity contribution is 7.25. The van der Waals surface area contributed by atoms with Crippen LogP contribution in [0.3, 0.4) is 0 Å². The van der Waals surface area contributed by atoms with Gasteiger partial charge in [0.2, 0.25) is 0 Å². The van der Waals surface area contributed by atoms with Crippen LogP contribution in [0.1, 0.15) is 68.2 Å². The molecule has 276 valence electrons. The van der Waals surface area contributed by atoms with E-state index in [0.29, 0.717) is 0 Å². The van der Waals surface area contributed by atoms with E-state index < -0.39 is 0 Å². The maximum atomic E-state index is 2.63. The van der Waals surface area contributed by atoms with Gasteiger partial charge in [-0.3, -0.25) is 0 Å². The van der Waals surface area contributed by atoms with E-state index in [0.717, 1.165) is 23.7 Å². The van der Waals surface area contributed by atoms with Crippen molar-refractivity contribution >= 4 is 48.6 Å². The first kappa shape index (κ1) is 32.6. The topological polar surface area (TPSA) is 3.24 Å². The van der Waals surface area contributed by atoms with Gasteiger partial charge in [0, 0.05) is 48.1 Å². The van der Waals surface area contributed by atoms with E-state index in [1.807, 2.05) is 11.3 Å². The van der Waals surface area contributed by atoms with E-state index in [9.17, 15) is 0 Å². The van der Waals surface area contributed by atoms with Crippen molar-refractivity contribution in [3.8, 4) is 33.4 Å². The smallest absolute Gasteiger partial charge is 0.0476 e. The molecule has 0 radical (unpaired) electrons. The minimum absolute atomic E-state index is 0.0811. The summed E-state index contributed by atoms with van der Waals surface area (Å²) < 4.78 is 2.68. The van der Waals surface area contributed by atoms with E-state index >= 15 is 0 Å². The van der Waals surface area contributed by atoms with Gasteiger partial charge in [-0.2, -0.15) is 0 Å². The van der Waals surface area contributed by atoms with Crippen LogP contribution in [0.2, 0.25) is 0 Å². The largest absolute Gasteiger partial charge is 0.310 e. The molecule has 0 saturated heterocycles. The van der Waals surface area contributed by atoms with Gasteiger partial charge in [0.25, 0.3) is 0 Å². The summed E-state index contributed by atoms with van der Waals surface area (Å²) in [6, 6.07) is 58.5. The van der Waals surface area contributed by atoms with Crippen LogP contribution in [-0.2, 0) is 10.8 Å². The Balaban J connectivity index is 1.03. The Kier molecular flexibility index (Phi) is 6.63. The van der Waals surface area contributed by atoms with Crippen LogP contribution in [-0.4, -0.2) is 0 Å². The molecule has 1 nitrogen and oxygen atoms in total. The molecule has 0 unspecified atom stereocenters. The molecule has 8 aromatic rings. The second-order valence-electron chi connectivity index (χ2n) is 18.5. The average molecular weight is 752 g/mol. The van der Waals surface area contributed by atoms with E-state index in [1.165, 1.54) is 114 Å². The fourth-order valence-electron chi connectivity index (χ4n) is 13.3. The second-order valence-corrected chi connectivity index (χ2v) is 19.6. The van der Waals surface area contributed by atoms with Gasteiger partial charge < -0.3 is 4.90 Å².